The summed E-state index contributed by atoms with van der Waals surface area (Å²) in [6.45, 7) is 4.09. The number of aryl methyl sites for hydroxylation is 1. The van der Waals surface area contributed by atoms with E-state index >= 15 is 0 Å². The van der Waals surface area contributed by atoms with E-state index in [0.29, 0.717) is 11.6 Å². The minimum atomic E-state index is -0.268. The molecule has 3 aromatic heterocycles. The van der Waals surface area contributed by atoms with Gasteiger partial charge in [0.15, 0.2) is 5.82 Å². The maximum absolute atomic E-state index is 15.0. The molecule has 1 aromatic carbocycles. The fourth-order valence-corrected chi connectivity index (χ4v) is 4.33. The van der Waals surface area contributed by atoms with Crippen LogP contribution in [0.1, 0.15) is 24.7 Å². The van der Waals surface area contributed by atoms with Crippen LogP contribution in [0.25, 0.3) is 33.2 Å². The van der Waals surface area contributed by atoms with Gasteiger partial charge in [0.2, 0.25) is 0 Å². The molecule has 1 saturated heterocycles. The summed E-state index contributed by atoms with van der Waals surface area (Å²) >= 11 is 0. The van der Waals surface area contributed by atoms with Gasteiger partial charge >= 0.3 is 0 Å². The van der Waals surface area contributed by atoms with E-state index in [2.05, 4.69) is 37.5 Å². The van der Waals surface area contributed by atoms with E-state index in [1.165, 1.54) is 0 Å². The molecule has 5 rings (SSSR count). The number of piperidine rings is 1. The van der Waals surface area contributed by atoms with Crippen molar-refractivity contribution in [3.05, 3.63) is 48.3 Å². The van der Waals surface area contributed by atoms with E-state index in [9.17, 15) is 4.39 Å². The summed E-state index contributed by atoms with van der Waals surface area (Å²) in [6, 6.07) is 7.94. The third kappa shape index (κ3) is 2.63. The lowest BCUT2D eigenvalue weighted by atomic mass is 10.0. The van der Waals surface area contributed by atoms with Gasteiger partial charge in [0.1, 0.15) is 17.0 Å². The number of nitrogens with zero attached hydrogens (tertiary/aromatic N) is 4. The highest BCUT2D eigenvalue weighted by molar-refractivity contribution is 5.96. The lowest BCUT2D eigenvalue weighted by Crippen LogP contribution is -2.31. The molecule has 6 heteroatoms. The molecule has 0 atom stereocenters. The third-order valence-electron chi connectivity index (χ3n) is 5.74. The van der Waals surface area contributed by atoms with Crippen molar-refractivity contribution in [1.29, 1.82) is 0 Å². The topological polar surface area (TPSA) is 49.7 Å². The number of likely N-dealkylation sites (tertiary alicyclic amines) is 1. The van der Waals surface area contributed by atoms with Gasteiger partial charge < -0.3 is 14.5 Å². The molecule has 138 valence electrons. The largest absolute Gasteiger partial charge is 0.346 e. The smallest absolute Gasteiger partial charge is 0.151 e. The maximum Gasteiger partial charge on any atom is 0.151 e. The molecule has 0 amide bonds. The van der Waals surface area contributed by atoms with Crippen LogP contribution in [0, 0.1) is 12.7 Å². The number of aromatic nitrogens is 4. The Balaban J connectivity index is 1.68. The van der Waals surface area contributed by atoms with Crippen molar-refractivity contribution >= 4 is 22.1 Å². The average molecular weight is 363 g/mol. The molecule has 1 aliphatic rings. The molecule has 4 aromatic rings. The molecule has 0 saturated carbocycles. The number of rotatable bonds is 2. The van der Waals surface area contributed by atoms with Gasteiger partial charge in [-0.2, -0.15) is 0 Å². The average Bonchev–Trinajstić information content (AvgIpc) is 3.24. The minimum absolute atomic E-state index is 0.268. The first kappa shape index (κ1) is 16.4. The van der Waals surface area contributed by atoms with Crippen LogP contribution >= 0.6 is 0 Å². The minimum Gasteiger partial charge on any atom is -0.346 e. The van der Waals surface area contributed by atoms with Gasteiger partial charge in [0, 0.05) is 29.4 Å². The van der Waals surface area contributed by atoms with Gasteiger partial charge in [-0.3, -0.25) is 0 Å². The fourth-order valence-electron chi connectivity index (χ4n) is 4.33. The SMILES string of the molecule is Cc1nc2c(F)cc(-c3c[nH]c4ncccc34)cc2n1C1CCN(C)CC1. The highest BCUT2D eigenvalue weighted by Crippen LogP contribution is 2.34. The van der Waals surface area contributed by atoms with Crippen molar-refractivity contribution < 1.29 is 4.39 Å². The lowest BCUT2D eigenvalue weighted by Gasteiger charge is -2.30. The second-order valence-electron chi connectivity index (χ2n) is 7.49. The van der Waals surface area contributed by atoms with Gasteiger partial charge in [-0.15, -0.1) is 0 Å². The Morgan fingerprint density at radius 2 is 2.04 bits per heavy atom. The summed E-state index contributed by atoms with van der Waals surface area (Å²) in [6.07, 6.45) is 5.78. The Morgan fingerprint density at radius 1 is 1.22 bits per heavy atom. The molecule has 0 unspecified atom stereocenters. The second-order valence-corrected chi connectivity index (χ2v) is 7.49. The zero-order valence-electron chi connectivity index (χ0n) is 15.5. The van der Waals surface area contributed by atoms with Crippen molar-refractivity contribution in [2.24, 2.45) is 0 Å². The summed E-state index contributed by atoms with van der Waals surface area (Å²) in [5.41, 5.74) is 3.98. The maximum atomic E-state index is 15.0. The zero-order chi connectivity index (χ0) is 18.5. The molecular weight excluding hydrogens is 341 g/mol. The predicted molar refractivity (Wildman–Crippen MR) is 105 cm³/mol. The van der Waals surface area contributed by atoms with E-state index in [1.54, 1.807) is 12.3 Å². The van der Waals surface area contributed by atoms with E-state index < -0.39 is 0 Å². The number of imidazole rings is 1. The highest BCUT2D eigenvalue weighted by Gasteiger charge is 2.23. The normalized spacial score (nSPS) is 16.6. The summed E-state index contributed by atoms with van der Waals surface area (Å²) in [5.74, 6) is 0.617. The van der Waals surface area contributed by atoms with E-state index in [0.717, 1.165) is 59.4 Å². The number of halogens is 1. The molecule has 0 spiro atoms. The van der Waals surface area contributed by atoms with Crippen molar-refractivity contribution in [3.63, 3.8) is 0 Å². The Hall–Kier alpha value is -2.73. The molecule has 1 aliphatic heterocycles. The zero-order valence-corrected chi connectivity index (χ0v) is 15.5. The Bertz CT molecular complexity index is 1130. The van der Waals surface area contributed by atoms with Crippen LogP contribution in [0.3, 0.4) is 0 Å². The van der Waals surface area contributed by atoms with Crippen LogP contribution in [0.15, 0.2) is 36.7 Å². The second kappa shape index (κ2) is 6.16. The van der Waals surface area contributed by atoms with Crippen molar-refractivity contribution in [3.8, 4) is 11.1 Å². The molecule has 1 N–H and O–H groups in total. The lowest BCUT2D eigenvalue weighted by molar-refractivity contribution is 0.222. The predicted octanol–water partition coefficient (Wildman–Crippen LogP) is 4.29. The number of hydrogen-bond donors (Lipinski definition) is 1. The summed E-state index contributed by atoms with van der Waals surface area (Å²) in [4.78, 5) is 14.4. The van der Waals surface area contributed by atoms with E-state index in [4.69, 9.17) is 0 Å². The van der Waals surface area contributed by atoms with Gasteiger partial charge in [0.05, 0.1) is 5.52 Å². The molecule has 5 nitrogen and oxygen atoms in total. The fraction of sp³-hybridized carbons (Fsp3) is 0.333. The van der Waals surface area contributed by atoms with Crippen LogP contribution < -0.4 is 0 Å². The van der Waals surface area contributed by atoms with Crippen molar-refractivity contribution in [2.45, 2.75) is 25.8 Å². The van der Waals surface area contributed by atoms with Crippen LogP contribution in [0.4, 0.5) is 4.39 Å². The molecule has 27 heavy (non-hydrogen) atoms. The monoisotopic (exact) mass is 363 g/mol. The van der Waals surface area contributed by atoms with Crippen LogP contribution in [-0.2, 0) is 0 Å². The number of pyridine rings is 1. The van der Waals surface area contributed by atoms with Crippen LogP contribution in [0.2, 0.25) is 0 Å². The van der Waals surface area contributed by atoms with Crippen LogP contribution in [-0.4, -0.2) is 44.6 Å². The van der Waals surface area contributed by atoms with Gasteiger partial charge in [0.25, 0.3) is 0 Å². The molecule has 0 bridgehead atoms. The first-order chi connectivity index (χ1) is 13.1. The van der Waals surface area contributed by atoms with E-state index in [-0.39, 0.29) is 5.82 Å². The Morgan fingerprint density at radius 3 is 2.85 bits per heavy atom. The van der Waals surface area contributed by atoms with Gasteiger partial charge in [-0.05, 0) is 69.7 Å². The summed E-state index contributed by atoms with van der Waals surface area (Å²) in [7, 11) is 2.15. The number of aromatic amines is 1. The standard InChI is InChI=1S/C21H22FN5/c1-13-25-20-18(22)10-14(17-12-24-21-16(17)4-3-7-23-21)11-19(20)27(13)15-5-8-26(2)9-6-15/h3-4,7,10-12,15H,5-6,8-9H2,1-2H3,(H,23,24). The van der Waals surface area contributed by atoms with Gasteiger partial charge in [-0.1, -0.05) is 0 Å². The summed E-state index contributed by atoms with van der Waals surface area (Å²) < 4.78 is 17.2. The molecule has 0 radical (unpaired) electrons. The molecular formula is C21H22FN5. The first-order valence-electron chi connectivity index (χ1n) is 9.41. The molecule has 1 fully saturated rings. The van der Waals surface area contributed by atoms with Crippen molar-refractivity contribution in [2.75, 3.05) is 20.1 Å². The Kier molecular flexibility index (Phi) is 3.75. The molecule has 4 heterocycles. The van der Waals surface area contributed by atoms with Crippen LogP contribution in [0.5, 0.6) is 0 Å². The number of fused-ring (bicyclic) bond motifs is 2. The number of benzene rings is 1. The number of H-pyrrole nitrogens is 1. The quantitative estimate of drug-likeness (QED) is 0.578. The summed E-state index contributed by atoms with van der Waals surface area (Å²) in [5, 5.41) is 0.998. The third-order valence-corrected chi connectivity index (χ3v) is 5.74. The number of hydrogen-bond acceptors (Lipinski definition) is 3. The molecule has 0 aliphatic carbocycles. The first-order valence-corrected chi connectivity index (χ1v) is 9.41. The van der Waals surface area contributed by atoms with Crippen molar-refractivity contribution in [1.82, 2.24) is 24.4 Å². The van der Waals surface area contributed by atoms with Gasteiger partial charge in [-0.25, -0.2) is 14.4 Å². The number of nitrogens with one attached hydrogen (secondary N) is 1. The van der Waals surface area contributed by atoms with E-state index in [1.807, 2.05) is 25.3 Å². The Labute approximate surface area is 156 Å². The highest BCUT2D eigenvalue weighted by atomic mass is 19.1.